The van der Waals surface area contributed by atoms with E-state index in [0.29, 0.717) is 11.0 Å². The van der Waals surface area contributed by atoms with E-state index in [-0.39, 0.29) is 6.10 Å². The maximum atomic E-state index is 5.68. The van der Waals surface area contributed by atoms with E-state index < -0.39 is 0 Å². The van der Waals surface area contributed by atoms with Gasteiger partial charge in [-0.3, -0.25) is 0 Å². The Kier molecular flexibility index (Phi) is 3.35. The molecule has 0 amide bonds. The fraction of sp³-hybridized carbons (Fsp3) is 0.444. The van der Waals surface area contributed by atoms with Gasteiger partial charge in [0, 0.05) is 6.07 Å². The monoisotopic (exact) mass is 185 g/mol. The van der Waals surface area contributed by atoms with Gasteiger partial charge in [-0.2, -0.15) is 0 Å². The van der Waals surface area contributed by atoms with Crippen molar-refractivity contribution in [3.63, 3.8) is 0 Å². The van der Waals surface area contributed by atoms with Crippen molar-refractivity contribution in [2.75, 3.05) is 0 Å². The Morgan fingerprint density at radius 3 is 2.92 bits per heavy atom. The number of aromatic nitrogens is 1. The van der Waals surface area contributed by atoms with Crippen LogP contribution in [-0.2, 0) is 0 Å². The lowest BCUT2D eigenvalue weighted by molar-refractivity contribution is 0.208. The SMILES string of the molecule is CCC(C)Oc1cccc(Cl)n1. The molecule has 0 fully saturated rings. The van der Waals surface area contributed by atoms with Crippen molar-refractivity contribution in [2.45, 2.75) is 26.4 Å². The zero-order valence-electron chi connectivity index (χ0n) is 7.25. The summed E-state index contributed by atoms with van der Waals surface area (Å²) in [4.78, 5) is 4.00. The van der Waals surface area contributed by atoms with Crippen LogP contribution in [0.3, 0.4) is 0 Å². The molecule has 0 N–H and O–H groups in total. The minimum atomic E-state index is 0.191. The molecule has 0 aliphatic rings. The fourth-order valence-electron chi connectivity index (χ4n) is 0.745. The van der Waals surface area contributed by atoms with Crippen LogP contribution in [0.25, 0.3) is 0 Å². The van der Waals surface area contributed by atoms with Crippen molar-refractivity contribution in [3.05, 3.63) is 23.4 Å². The number of hydrogen-bond donors (Lipinski definition) is 0. The summed E-state index contributed by atoms with van der Waals surface area (Å²) in [5.74, 6) is 0.594. The molecule has 1 heterocycles. The van der Waals surface area contributed by atoms with Crippen molar-refractivity contribution < 1.29 is 4.74 Å². The summed E-state index contributed by atoms with van der Waals surface area (Å²) >= 11 is 5.68. The second-order valence-corrected chi connectivity index (χ2v) is 3.02. The molecular weight excluding hydrogens is 174 g/mol. The molecule has 0 saturated carbocycles. The van der Waals surface area contributed by atoms with Gasteiger partial charge >= 0.3 is 0 Å². The van der Waals surface area contributed by atoms with Gasteiger partial charge in [0.2, 0.25) is 5.88 Å². The Morgan fingerprint density at radius 1 is 1.58 bits per heavy atom. The molecule has 1 aromatic heterocycles. The number of ether oxygens (including phenoxy) is 1. The van der Waals surface area contributed by atoms with Gasteiger partial charge in [0.15, 0.2) is 0 Å². The average Bonchev–Trinajstić information content (AvgIpc) is 2.04. The fourth-order valence-corrected chi connectivity index (χ4v) is 0.901. The molecule has 0 bridgehead atoms. The van der Waals surface area contributed by atoms with Crippen LogP contribution in [0.4, 0.5) is 0 Å². The van der Waals surface area contributed by atoms with Gasteiger partial charge < -0.3 is 4.74 Å². The van der Waals surface area contributed by atoms with Gasteiger partial charge in [0.25, 0.3) is 0 Å². The molecule has 3 heteroatoms. The number of halogens is 1. The third-order valence-corrected chi connectivity index (χ3v) is 1.80. The molecule has 66 valence electrons. The van der Waals surface area contributed by atoms with Crippen LogP contribution >= 0.6 is 11.6 Å². The maximum Gasteiger partial charge on any atom is 0.214 e. The van der Waals surface area contributed by atoms with E-state index >= 15 is 0 Å². The van der Waals surface area contributed by atoms with E-state index in [1.807, 2.05) is 13.0 Å². The lowest BCUT2D eigenvalue weighted by Crippen LogP contribution is -2.10. The molecule has 1 atom stereocenters. The number of pyridine rings is 1. The topological polar surface area (TPSA) is 22.1 Å². The molecular formula is C9H12ClNO. The van der Waals surface area contributed by atoms with E-state index in [2.05, 4.69) is 11.9 Å². The lowest BCUT2D eigenvalue weighted by atomic mass is 10.3. The van der Waals surface area contributed by atoms with Gasteiger partial charge in [0.05, 0.1) is 6.10 Å². The summed E-state index contributed by atoms with van der Waals surface area (Å²) in [5, 5.41) is 0.468. The number of nitrogens with zero attached hydrogens (tertiary/aromatic N) is 1. The zero-order valence-corrected chi connectivity index (χ0v) is 8.01. The molecule has 0 aromatic carbocycles. The molecule has 0 spiro atoms. The Hall–Kier alpha value is -0.760. The van der Waals surface area contributed by atoms with Gasteiger partial charge in [-0.05, 0) is 19.4 Å². The van der Waals surface area contributed by atoms with Crippen LogP contribution in [0.2, 0.25) is 5.15 Å². The summed E-state index contributed by atoms with van der Waals surface area (Å²) in [5.41, 5.74) is 0. The number of hydrogen-bond acceptors (Lipinski definition) is 2. The summed E-state index contributed by atoms with van der Waals surface area (Å²) in [6.07, 6.45) is 1.16. The molecule has 0 saturated heterocycles. The van der Waals surface area contributed by atoms with E-state index in [4.69, 9.17) is 16.3 Å². The number of rotatable bonds is 3. The first-order valence-electron chi connectivity index (χ1n) is 4.01. The Bertz CT molecular complexity index is 252. The van der Waals surface area contributed by atoms with Crippen LogP contribution in [0.15, 0.2) is 18.2 Å². The molecule has 1 rings (SSSR count). The van der Waals surface area contributed by atoms with Crippen LogP contribution in [0.5, 0.6) is 5.88 Å². The van der Waals surface area contributed by atoms with Gasteiger partial charge in [-0.25, -0.2) is 4.98 Å². The lowest BCUT2D eigenvalue weighted by Gasteiger charge is -2.10. The van der Waals surface area contributed by atoms with Crippen LogP contribution in [0.1, 0.15) is 20.3 Å². The van der Waals surface area contributed by atoms with E-state index in [1.165, 1.54) is 0 Å². The molecule has 12 heavy (non-hydrogen) atoms. The second-order valence-electron chi connectivity index (χ2n) is 2.64. The molecule has 1 aromatic rings. The minimum absolute atomic E-state index is 0.191. The van der Waals surface area contributed by atoms with Crippen molar-refractivity contribution in [1.29, 1.82) is 0 Å². The average molecular weight is 186 g/mol. The summed E-state index contributed by atoms with van der Waals surface area (Å²) in [6, 6.07) is 5.36. The summed E-state index contributed by atoms with van der Waals surface area (Å²) < 4.78 is 5.45. The van der Waals surface area contributed by atoms with Gasteiger partial charge in [0.1, 0.15) is 5.15 Å². The van der Waals surface area contributed by atoms with E-state index in [0.717, 1.165) is 6.42 Å². The highest BCUT2D eigenvalue weighted by molar-refractivity contribution is 6.29. The van der Waals surface area contributed by atoms with E-state index in [1.54, 1.807) is 12.1 Å². The first-order valence-corrected chi connectivity index (χ1v) is 4.39. The highest BCUT2D eigenvalue weighted by Crippen LogP contribution is 2.13. The van der Waals surface area contributed by atoms with Crippen LogP contribution < -0.4 is 4.74 Å². The third kappa shape index (κ3) is 2.70. The molecule has 0 aliphatic carbocycles. The van der Waals surface area contributed by atoms with Crippen molar-refractivity contribution >= 4 is 11.6 Å². The predicted octanol–water partition coefficient (Wildman–Crippen LogP) is 2.91. The standard InChI is InChI=1S/C9H12ClNO/c1-3-7(2)12-9-6-4-5-8(10)11-9/h4-7H,3H2,1-2H3. The molecule has 1 unspecified atom stereocenters. The maximum absolute atomic E-state index is 5.68. The molecule has 0 aliphatic heterocycles. The highest BCUT2D eigenvalue weighted by atomic mass is 35.5. The first-order chi connectivity index (χ1) is 5.72. The third-order valence-electron chi connectivity index (χ3n) is 1.59. The van der Waals surface area contributed by atoms with Crippen molar-refractivity contribution in [2.24, 2.45) is 0 Å². The Balaban J connectivity index is 2.63. The largest absolute Gasteiger partial charge is 0.475 e. The van der Waals surface area contributed by atoms with Gasteiger partial charge in [-0.15, -0.1) is 0 Å². The van der Waals surface area contributed by atoms with Crippen LogP contribution in [-0.4, -0.2) is 11.1 Å². The van der Waals surface area contributed by atoms with Crippen molar-refractivity contribution in [3.8, 4) is 5.88 Å². The first kappa shape index (κ1) is 9.33. The zero-order chi connectivity index (χ0) is 8.97. The Morgan fingerprint density at radius 2 is 2.33 bits per heavy atom. The van der Waals surface area contributed by atoms with Crippen LogP contribution in [0, 0.1) is 0 Å². The van der Waals surface area contributed by atoms with E-state index in [9.17, 15) is 0 Å². The molecule has 0 radical (unpaired) electrons. The van der Waals surface area contributed by atoms with Gasteiger partial charge in [-0.1, -0.05) is 24.6 Å². The summed E-state index contributed by atoms with van der Waals surface area (Å²) in [6.45, 7) is 4.07. The molecule has 2 nitrogen and oxygen atoms in total. The summed E-state index contributed by atoms with van der Waals surface area (Å²) in [7, 11) is 0. The van der Waals surface area contributed by atoms with Crippen molar-refractivity contribution in [1.82, 2.24) is 4.98 Å². The quantitative estimate of drug-likeness (QED) is 0.676. The normalized spacial score (nSPS) is 12.6. The predicted molar refractivity (Wildman–Crippen MR) is 49.6 cm³/mol. The smallest absolute Gasteiger partial charge is 0.214 e. The highest BCUT2D eigenvalue weighted by Gasteiger charge is 2.01. The minimum Gasteiger partial charge on any atom is -0.475 e. The second kappa shape index (κ2) is 4.31. The Labute approximate surface area is 77.5 Å².